The van der Waals surface area contributed by atoms with Gasteiger partial charge < -0.3 is 21.1 Å². The molecule has 1 aliphatic heterocycles. The summed E-state index contributed by atoms with van der Waals surface area (Å²) in [5.74, 6) is 2.15. The fourth-order valence-electron chi connectivity index (χ4n) is 3.12. The summed E-state index contributed by atoms with van der Waals surface area (Å²) in [4.78, 5) is 13.5. The Balaban J connectivity index is 1.67. The van der Waals surface area contributed by atoms with Gasteiger partial charge in [-0.15, -0.1) is 0 Å². The van der Waals surface area contributed by atoms with Crippen LogP contribution in [0.2, 0.25) is 0 Å². The average Bonchev–Trinajstić information content (AvgIpc) is 2.70. The molecule has 1 fully saturated rings. The van der Waals surface area contributed by atoms with Gasteiger partial charge in [-0.1, -0.05) is 6.07 Å². The Morgan fingerprint density at radius 2 is 1.96 bits per heavy atom. The van der Waals surface area contributed by atoms with E-state index >= 15 is 0 Å². The van der Waals surface area contributed by atoms with Crippen molar-refractivity contribution in [3.8, 4) is 11.4 Å². The molecule has 26 heavy (non-hydrogen) atoms. The third-order valence-corrected chi connectivity index (χ3v) is 4.59. The molecule has 7 heteroatoms. The number of nitrogens with zero attached hydrogens (tertiary/aromatic N) is 3. The molecule has 0 spiro atoms. The number of pyridine rings is 1. The monoisotopic (exact) mass is 356 g/mol. The van der Waals surface area contributed by atoms with Gasteiger partial charge in [-0.05, 0) is 56.8 Å². The fourth-order valence-corrected chi connectivity index (χ4v) is 3.12. The number of hydrogen-bond acceptors (Lipinski definition) is 7. The predicted molar refractivity (Wildman–Crippen MR) is 104 cm³/mol. The molecule has 1 aliphatic rings. The van der Waals surface area contributed by atoms with E-state index in [1.807, 2.05) is 24.3 Å². The summed E-state index contributed by atoms with van der Waals surface area (Å²) >= 11 is 0. The zero-order valence-electron chi connectivity index (χ0n) is 15.1. The first-order valence-electron chi connectivity index (χ1n) is 9.45. The van der Waals surface area contributed by atoms with Gasteiger partial charge in [0.15, 0.2) is 0 Å². The van der Waals surface area contributed by atoms with E-state index in [9.17, 15) is 0 Å². The second kappa shape index (κ2) is 10.0. The Morgan fingerprint density at radius 1 is 1.08 bits per heavy atom. The smallest absolute Gasteiger partial charge is 0.225 e. The van der Waals surface area contributed by atoms with Crippen LogP contribution in [-0.4, -0.2) is 52.8 Å². The Kier molecular flexibility index (Phi) is 7.15. The quantitative estimate of drug-likeness (QED) is 0.511. The Morgan fingerprint density at radius 3 is 2.73 bits per heavy atom. The van der Waals surface area contributed by atoms with E-state index in [2.05, 4.69) is 30.9 Å². The number of hydrogen-bond donors (Lipinski definition) is 4. The summed E-state index contributed by atoms with van der Waals surface area (Å²) in [6.45, 7) is 3.94. The van der Waals surface area contributed by atoms with Crippen LogP contribution in [0.1, 0.15) is 25.7 Å². The van der Waals surface area contributed by atoms with Crippen molar-refractivity contribution in [3.63, 3.8) is 0 Å². The number of aliphatic hydroxyl groups is 1. The van der Waals surface area contributed by atoms with E-state index < -0.39 is 0 Å². The zero-order valence-corrected chi connectivity index (χ0v) is 15.1. The SMILES string of the molecule is OCCCNc1nc(NCCC2CCNCC2)cc(-c2ccccn2)n1. The van der Waals surface area contributed by atoms with E-state index in [1.54, 1.807) is 6.20 Å². The zero-order chi connectivity index (χ0) is 18.0. The highest BCUT2D eigenvalue weighted by Gasteiger charge is 2.13. The highest BCUT2D eigenvalue weighted by atomic mass is 16.3. The lowest BCUT2D eigenvalue weighted by Gasteiger charge is -2.22. The van der Waals surface area contributed by atoms with Crippen LogP contribution in [0.15, 0.2) is 30.5 Å². The molecule has 0 unspecified atom stereocenters. The van der Waals surface area contributed by atoms with Gasteiger partial charge in [0.05, 0.1) is 11.4 Å². The van der Waals surface area contributed by atoms with Crippen molar-refractivity contribution in [1.29, 1.82) is 0 Å². The second-order valence-corrected chi connectivity index (χ2v) is 6.59. The van der Waals surface area contributed by atoms with Crippen LogP contribution in [0, 0.1) is 5.92 Å². The normalized spacial score (nSPS) is 15.0. The number of aromatic nitrogens is 3. The molecular weight excluding hydrogens is 328 g/mol. The fraction of sp³-hybridized carbons (Fsp3) is 0.526. The second-order valence-electron chi connectivity index (χ2n) is 6.59. The standard InChI is InChI=1S/C19H28N6O/c26-13-3-9-23-19-24-17(16-4-1-2-8-21-16)14-18(25-19)22-12-7-15-5-10-20-11-6-15/h1-2,4,8,14-15,20,26H,3,5-7,9-13H2,(H2,22,23,24,25). The molecule has 0 aromatic carbocycles. The van der Waals surface area contributed by atoms with Crippen LogP contribution in [0.25, 0.3) is 11.4 Å². The molecule has 2 aromatic rings. The summed E-state index contributed by atoms with van der Waals surface area (Å²) in [7, 11) is 0. The maximum Gasteiger partial charge on any atom is 0.225 e. The van der Waals surface area contributed by atoms with Crippen LogP contribution in [0.5, 0.6) is 0 Å². The molecule has 3 heterocycles. The highest BCUT2D eigenvalue weighted by molar-refractivity contribution is 5.60. The van der Waals surface area contributed by atoms with Crippen LogP contribution in [0.4, 0.5) is 11.8 Å². The van der Waals surface area contributed by atoms with Crippen molar-refractivity contribution < 1.29 is 5.11 Å². The molecule has 140 valence electrons. The first-order valence-corrected chi connectivity index (χ1v) is 9.45. The number of nitrogens with one attached hydrogen (secondary N) is 3. The van der Waals surface area contributed by atoms with E-state index in [-0.39, 0.29) is 6.61 Å². The minimum absolute atomic E-state index is 0.147. The number of piperidine rings is 1. The summed E-state index contributed by atoms with van der Waals surface area (Å²) in [5, 5.41) is 19.0. The largest absolute Gasteiger partial charge is 0.396 e. The lowest BCUT2D eigenvalue weighted by molar-refractivity contribution is 0.292. The summed E-state index contributed by atoms with van der Waals surface area (Å²) < 4.78 is 0. The number of anilines is 2. The van der Waals surface area contributed by atoms with Gasteiger partial charge in [0.25, 0.3) is 0 Å². The predicted octanol–water partition coefficient (Wildman–Crippen LogP) is 2.13. The molecule has 0 saturated carbocycles. The van der Waals surface area contributed by atoms with Gasteiger partial charge in [-0.3, -0.25) is 4.98 Å². The first kappa shape index (κ1) is 18.5. The number of rotatable bonds is 9. The maximum absolute atomic E-state index is 8.96. The van der Waals surface area contributed by atoms with Gasteiger partial charge in [-0.2, -0.15) is 4.98 Å². The summed E-state index contributed by atoms with van der Waals surface area (Å²) in [6, 6.07) is 7.73. The van der Waals surface area contributed by atoms with E-state index in [0.717, 1.165) is 49.2 Å². The van der Waals surface area contributed by atoms with Crippen molar-refractivity contribution in [2.24, 2.45) is 5.92 Å². The topological polar surface area (TPSA) is 95.0 Å². The highest BCUT2D eigenvalue weighted by Crippen LogP contribution is 2.20. The van der Waals surface area contributed by atoms with Gasteiger partial charge >= 0.3 is 0 Å². The van der Waals surface area contributed by atoms with Crippen LogP contribution in [0.3, 0.4) is 0 Å². The summed E-state index contributed by atoms with van der Waals surface area (Å²) in [6.07, 6.45) is 6.07. The molecule has 7 nitrogen and oxygen atoms in total. The van der Waals surface area contributed by atoms with Gasteiger partial charge in [0.1, 0.15) is 5.82 Å². The minimum Gasteiger partial charge on any atom is -0.396 e. The molecule has 0 bridgehead atoms. The van der Waals surface area contributed by atoms with Gasteiger partial charge in [0.2, 0.25) is 5.95 Å². The Labute approximate surface area is 154 Å². The van der Waals surface area contributed by atoms with Crippen LogP contribution in [-0.2, 0) is 0 Å². The Hall–Kier alpha value is -2.25. The minimum atomic E-state index is 0.147. The molecule has 0 amide bonds. The van der Waals surface area contributed by atoms with Crippen LogP contribution < -0.4 is 16.0 Å². The number of aliphatic hydroxyl groups excluding tert-OH is 1. The molecule has 0 radical (unpaired) electrons. The lowest BCUT2D eigenvalue weighted by atomic mass is 9.95. The van der Waals surface area contributed by atoms with Crippen molar-refractivity contribution >= 4 is 11.8 Å². The van der Waals surface area contributed by atoms with E-state index in [4.69, 9.17) is 5.11 Å². The molecule has 3 rings (SSSR count). The molecule has 0 atom stereocenters. The van der Waals surface area contributed by atoms with E-state index in [0.29, 0.717) is 18.9 Å². The average molecular weight is 356 g/mol. The third-order valence-electron chi connectivity index (χ3n) is 4.59. The van der Waals surface area contributed by atoms with Crippen molar-refractivity contribution in [2.75, 3.05) is 43.4 Å². The summed E-state index contributed by atoms with van der Waals surface area (Å²) in [5.41, 5.74) is 1.61. The van der Waals surface area contributed by atoms with E-state index in [1.165, 1.54) is 12.8 Å². The molecule has 4 N–H and O–H groups in total. The van der Waals surface area contributed by atoms with Crippen molar-refractivity contribution in [2.45, 2.75) is 25.7 Å². The molecule has 1 saturated heterocycles. The van der Waals surface area contributed by atoms with Gasteiger partial charge in [0, 0.05) is 32.0 Å². The maximum atomic E-state index is 8.96. The van der Waals surface area contributed by atoms with Gasteiger partial charge in [-0.25, -0.2) is 4.98 Å². The molecule has 2 aromatic heterocycles. The molecule has 0 aliphatic carbocycles. The first-order chi connectivity index (χ1) is 12.8. The van der Waals surface area contributed by atoms with Crippen molar-refractivity contribution in [1.82, 2.24) is 20.3 Å². The van der Waals surface area contributed by atoms with Crippen molar-refractivity contribution in [3.05, 3.63) is 30.5 Å². The lowest BCUT2D eigenvalue weighted by Crippen LogP contribution is -2.28. The third kappa shape index (κ3) is 5.64. The Bertz CT molecular complexity index is 660. The molecular formula is C19H28N6O. The van der Waals surface area contributed by atoms with Crippen LogP contribution >= 0.6 is 0 Å².